The summed E-state index contributed by atoms with van der Waals surface area (Å²) in [6.07, 6.45) is 3.69. The van der Waals surface area contributed by atoms with Gasteiger partial charge >= 0.3 is 11.9 Å². The van der Waals surface area contributed by atoms with Gasteiger partial charge in [0, 0.05) is 18.3 Å². The average Bonchev–Trinajstić information content (AvgIpc) is 3.15. The number of H-pyrrole nitrogens is 1. The van der Waals surface area contributed by atoms with Crippen LogP contribution in [0.4, 0.5) is 0 Å². The van der Waals surface area contributed by atoms with E-state index < -0.39 is 24.0 Å². The molecule has 0 aliphatic carbocycles. The van der Waals surface area contributed by atoms with E-state index in [1.165, 1.54) is 6.33 Å². The number of nitrogens with one attached hydrogen (secondary N) is 1. The molecule has 0 bridgehead atoms. The Kier molecular flexibility index (Phi) is 7.04. The topological polar surface area (TPSA) is 155 Å². The molecule has 0 aliphatic heterocycles. The van der Waals surface area contributed by atoms with Crippen molar-refractivity contribution in [2.24, 2.45) is 11.5 Å². The van der Waals surface area contributed by atoms with Crippen LogP contribution in [-0.2, 0) is 22.4 Å². The van der Waals surface area contributed by atoms with Gasteiger partial charge in [-0.05, 0) is 22.8 Å². The third-order valence-electron chi connectivity index (χ3n) is 3.95. The second kappa shape index (κ2) is 9.46. The van der Waals surface area contributed by atoms with Crippen molar-refractivity contribution in [2.45, 2.75) is 24.9 Å². The summed E-state index contributed by atoms with van der Waals surface area (Å²) >= 11 is 0. The molecule has 3 rings (SSSR count). The Bertz CT molecular complexity index is 890. The average molecular weight is 370 g/mol. The summed E-state index contributed by atoms with van der Waals surface area (Å²) in [6.45, 7) is 0. The van der Waals surface area contributed by atoms with E-state index in [1.54, 1.807) is 6.20 Å². The van der Waals surface area contributed by atoms with E-state index in [-0.39, 0.29) is 6.42 Å². The van der Waals surface area contributed by atoms with Crippen molar-refractivity contribution in [1.29, 1.82) is 0 Å². The molecule has 2 atom stereocenters. The number of carbonyl (C=O) groups is 2. The second-order valence-corrected chi connectivity index (χ2v) is 6.01. The van der Waals surface area contributed by atoms with Crippen molar-refractivity contribution in [3.63, 3.8) is 0 Å². The summed E-state index contributed by atoms with van der Waals surface area (Å²) in [4.78, 5) is 27.5. The molecule has 0 unspecified atom stereocenters. The van der Waals surface area contributed by atoms with Gasteiger partial charge in [-0.25, -0.2) is 4.98 Å². The molecule has 3 aromatic rings. The van der Waals surface area contributed by atoms with Gasteiger partial charge in [0.25, 0.3) is 0 Å². The first kappa shape index (κ1) is 20.1. The normalized spacial score (nSPS) is 12.7. The van der Waals surface area contributed by atoms with E-state index >= 15 is 0 Å². The molecule has 2 aromatic carbocycles. The van der Waals surface area contributed by atoms with Crippen LogP contribution in [0.5, 0.6) is 0 Å². The number of aromatic amines is 1. The first-order chi connectivity index (χ1) is 12.9. The molecule has 8 nitrogen and oxygen atoms in total. The molecule has 27 heavy (non-hydrogen) atoms. The summed E-state index contributed by atoms with van der Waals surface area (Å²) in [7, 11) is 0. The second-order valence-electron chi connectivity index (χ2n) is 6.01. The van der Waals surface area contributed by atoms with E-state index in [2.05, 4.69) is 9.97 Å². The number of aromatic nitrogens is 2. The number of carboxylic acids is 2. The van der Waals surface area contributed by atoms with E-state index in [0.717, 1.165) is 22.0 Å². The summed E-state index contributed by atoms with van der Waals surface area (Å²) in [5, 5.41) is 19.4. The fourth-order valence-electron chi connectivity index (χ4n) is 2.52. The molecule has 1 heterocycles. The van der Waals surface area contributed by atoms with Crippen LogP contribution < -0.4 is 11.5 Å². The van der Waals surface area contributed by atoms with Gasteiger partial charge in [0.2, 0.25) is 0 Å². The first-order valence-corrected chi connectivity index (χ1v) is 8.29. The number of carboxylic acid groups (broad SMARTS) is 2. The number of nitrogens with two attached hydrogens (primary N) is 2. The Balaban J connectivity index is 0.000000208. The molecule has 0 aliphatic rings. The predicted octanol–water partition coefficient (Wildman–Crippen LogP) is 1.16. The smallest absolute Gasteiger partial charge is 0.320 e. The Labute approximate surface area is 155 Å². The lowest BCUT2D eigenvalue weighted by Gasteiger charge is -2.09. The lowest BCUT2D eigenvalue weighted by Crippen LogP contribution is -2.32. The highest BCUT2D eigenvalue weighted by Crippen LogP contribution is 2.19. The van der Waals surface area contributed by atoms with Crippen molar-refractivity contribution < 1.29 is 19.8 Å². The molecule has 0 spiro atoms. The maximum absolute atomic E-state index is 10.7. The third kappa shape index (κ3) is 5.91. The summed E-state index contributed by atoms with van der Waals surface area (Å²) in [5.41, 5.74) is 12.5. The van der Waals surface area contributed by atoms with Crippen molar-refractivity contribution in [1.82, 2.24) is 9.97 Å². The van der Waals surface area contributed by atoms with Crippen LogP contribution in [0.15, 0.2) is 55.0 Å². The molecule has 1 aromatic heterocycles. The minimum absolute atomic E-state index is 0.287. The number of fused-ring (bicyclic) bond motifs is 1. The van der Waals surface area contributed by atoms with Crippen LogP contribution in [0.25, 0.3) is 10.8 Å². The van der Waals surface area contributed by atoms with E-state index in [1.807, 2.05) is 42.5 Å². The third-order valence-corrected chi connectivity index (χ3v) is 3.95. The number of aliphatic carboxylic acids is 2. The Morgan fingerprint density at radius 3 is 2.22 bits per heavy atom. The minimum Gasteiger partial charge on any atom is -0.480 e. The van der Waals surface area contributed by atoms with Crippen LogP contribution >= 0.6 is 0 Å². The van der Waals surface area contributed by atoms with E-state index in [0.29, 0.717) is 6.42 Å². The lowest BCUT2D eigenvalue weighted by atomic mass is 9.99. The molecule has 8 heteroatoms. The highest BCUT2D eigenvalue weighted by molar-refractivity contribution is 5.86. The van der Waals surface area contributed by atoms with Gasteiger partial charge < -0.3 is 26.7 Å². The molecule has 0 fully saturated rings. The summed E-state index contributed by atoms with van der Waals surface area (Å²) in [5.74, 6) is -1.97. The van der Waals surface area contributed by atoms with Crippen molar-refractivity contribution in [3.05, 3.63) is 66.2 Å². The number of hydrogen-bond donors (Lipinski definition) is 5. The quantitative estimate of drug-likeness (QED) is 0.436. The fourth-order valence-corrected chi connectivity index (χ4v) is 2.52. The van der Waals surface area contributed by atoms with Gasteiger partial charge in [-0.2, -0.15) is 0 Å². The molecule has 142 valence electrons. The molecular formula is C19H22N4O4. The number of benzene rings is 2. The predicted molar refractivity (Wildman–Crippen MR) is 101 cm³/mol. The van der Waals surface area contributed by atoms with Gasteiger partial charge in [0.1, 0.15) is 12.1 Å². The van der Waals surface area contributed by atoms with Crippen LogP contribution in [-0.4, -0.2) is 44.2 Å². The molecular weight excluding hydrogens is 348 g/mol. The van der Waals surface area contributed by atoms with Gasteiger partial charge in [-0.3, -0.25) is 9.59 Å². The Morgan fingerprint density at radius 1 is 0.963 bits per heavy atom. The largest absolute Gasteiger partial charge is 0.480 e. The SMILES string of the molecule is N[C@@H](Cc1cccc2ccccc12)C(=O)O.N[C@H](Cc1cnc[nH]1)C(=O)O. The fraction of sp³-hybridized carbons (Fsp3) is 0.211. The van der Waals surface area contributed by atoms with Gasteiger partial charge in [0.15, 0.2) is 0 Å². The van der Waals surface area contributed by atoms with Crippen molar-refractivity contribution in [3.8, 4) is 0 Å². The number of rotatable bonds is 6. The number of hydrogen-bond acceptors (Lipinski definition) is 5. The molecule has 0 saturated carbocycles. The Hall–Kier alpha value is -3.23. The monoisotopic (exact) mass is 370 g/mol. The highest BCUT2D eigenvalue weighted by atomic mass is 16.4. The summed E-state index contributed by atoms with van der Waals surface area (Å²) in [6, 6.07) is 12.1. The minimum atomic E-state index is -1.00. The standard InChI is InChI=1S/C13H13NO2.C6H9N3O2/c14-12(13(15)16)8-10-6-3-5-9-4-1-2-7-11(9)10;7-5(6(10)11)1-4-2-8-3-9-4/h1-7,12H,8,14H2,(H,15,16);2-3,5H,1,7H2,(H,8,9)(H,10,11)/t12-;5-/m01/s1. The zero-order valence-electron chi connectivity index (χ0n) is 14.6. The van der Waals surface area contributed by atoms with Crippen molar-refractivity contribution >= 4 is 22.7 Å². The maximum atomic E-state index is 10.7. The highest BCUT2D eigenvalue weighted by Gasteiger charge is 2.13. The molecule has 0 saturated heterocycles. The number of imidazole rings is 1. The number of nitrogens with zero attached hydrogens (tertiary/aromatic N) is 1. The van der Waals surface area contributed by atoms with Crippen LogP contribution in [0.2, 0.25) is 0 Å². The van der Waals surface area contributed by atoms with E-state index in [9.17, 15) is 9.59 Å². The first-order valence-electron chi connectivity index (χ1n) is 8.29. The van der Waals surface area contributed by atoms with Gasteiger partial charge in [0.05, 0.1) is 6.33 Å². The molecule has 0 radical (unpaired) electrons. The van der Waals surface area contributed by atoms with Crippen molar-refractivity contribution in [2.75, 3.05) is 0 Å². The lowest BCUT2D eigenvalue weighted by molar-refractivity contribution is -0.139. The zero-order valence-corrected chi connectivity index (χ0v) is 14.6. The molecule has 0 amide bonds. The zero-order chi connectivity index (χ0) is 19.8. The van der Waals surface area contributed by atoms with Gasteiger partial charge in [-0.1, -0.05) is 42.5 Å². The molecule has 7 N–H and O–H groups in total. The van der Waals surface area contributed by atoms with E-state index in [4.69, 9.17) is 21.7 Å². The maximum Gasteiger partial charge on any atom is 0.320 e. The summed E-state index contributed by atoms with van der Waals surface area (Å²) < 4.78 is 0. The Morgan fingerprint density at radius 2 is 1.59 bits per heavy atom. The van der Waals surface area contributed by atoms with Gasteiger partial charge in [-0.15, -0.1) is 0 Å². The van der Waals surface area contributed by atoms with Crippen LogP contribution in [0.1, 0.15) is 11.3 Å². The van der Waals surface area contributed by atoms with Crippen LogP contribution in [0, 0.1) is 0 Å². The van der Waals surface area contributed by atoms with Crippen LogP contribution in [0.3, 0.4) is 0 Å².